The molecule has 0 fully saturated rings. The van der Waals surface area contributed by atoms with Gasteiger partial charge in [-0.05, 0) is 56.2 Å². The van der Waals surface area contributed by atoms with Crippen molar-refractivity contribution in [2.75, 3.05) is 5.32 Å². The molecule has 3 amide bonds. The Hall–Kier alpha value is -2.60. The van der Waals surface area contributed by atoms with Crippen LogP contribution in [0.15, 0.2) is 58.2 Å². The quantitative estimate of drug-likeness (QED) is 0.700. The third-order valence-electron chi connectivity index (χ3n) is 4.36. The van der Waals surface area contributed by atoms with Crippen LogP contribution in [-0.2, 0) is 4.79 Å². The summed E-state index contributed by atoms with van der Waals surface area (Å²) >= 11 is 3.38. The SMILES string of the molecule is CC1=C(C(=O)Nc2ccc(Br)cc2)[C@@H](c2cc(C)ccc2C)NC(=O)N1. The van der Waals surface area contributed by atoms with Gasteiger partial charge in [0.05, 0.1) is 11.6 Å². The molecule has 1 atom stereocenters. The highest BCUT2D eigenvalue weighted by Gasteiger charge is 2.32. The first-order valence-electron chi connectivity index (χ1n) is 8.27. The predicted octanol–water partition coefficient (Wildman–Crippen LogP) is 4.33. The fraction of sp³-hybridized carbons (Fsp3) is 0.200. The highest BCUT2D eigenvalue weighted by Crippen LogP contribution is 2.30. The summed E-state index contributed by atoms with van der Waals surface area (Å²) in [5, 5.41) is 8.49. The Balaban J connectivity index is 1.98. The van der Waals surface area contributed by atoms with Gasteiger partial charge in [-0.2, -0.15) is 0 Å². The summed E-state index contributed by atoms with van der Waals surface area (Å²) in [5.74, 6) is -0.247. The second kappa shape index (κ2) is 7.33. The Bertz CT molecular complexity index is 904. The number of halogens is 1. The van der Waals surface area contributed by atoms with E-state index in [2.05, 4.69) is 31.9 Å². The zero-order chi connectivity index (χ0) is 18.8. The van der Waals surface area contributed by atoms with Crippen LogP contribution in [0.2, 0.25) is 0 Å². The highest BCUT2D eigenvalue weighted by atomic mass is 79.9. The van der Waals surface area contributed by atoms with Crippen LogP contribution in [0.4, 0.5) is 10.5 Å². The number of rotatable bonds is 3. The molecule has 3 rings (SSSR count). The summed E-state index contributed by atoms with van der Waals surface area (Å²) in [4.78, 5) is 25.0. The largest absolute Gasteiger partial charge is 0.327 e. The fourth-order valence-corrected chi connectivity index (χ4v) is 3.30. The molecule has 0 aliphatic carbocycles. The monoisotopic (exact) mass is 413 g/mol. The van der Waals surface area contributed by atoms with Crippen LogP contribution in [0, 0.1) is 13.8 Å². The van der Waals surface area contributed by atoms with Crippen molar-refractivity contribution in [1.82, 2.24) is 10.6 Å². The smallest absolute Gasteiger partial charge is 0.319 e. The summed E-state index contributed by atoms with van der Waals surface area (Å²) in [6, 6.07) is 12.6. The second-order valence-corrected chi connectivity index (χ2v) is 7.31. The molecular formula is C20H20BrN3O2. The van der Waals surface area contributed by atoms with Gasteiger partial charge in [-0.25, -0.2) is 4.79 Å². The van der Waals surface area contributed by atoms with E-state index >= 15 is 0 Å². The van der Waals surface area contributed by atoms with Gasteiger partial charge in [0.15, 0.2) is 0 Å². The first-order chi connectivity index (χ1) is 12.3. The number of carbonyl (C=O) groups is 2. The van der Waals surface area contributed by atoms with Crippen LogP contribution in [0.3, 0.4) is 0 Å². The molecule has 0 unspecified atom stereocenters. The van der Waals surface area contributed by atoms with Gasteiger partial charge < -0.3 is 16.0 Å². The number of allylic oxidation sites excluding steroid dienone is 1. The number of aryl methyl sites for hydroxylation is 2. The molecule has 0 saturated carbocycles. The molecule has 26 heavy (non-hydrogen) atoms. The number of nitrogens with one attached hydrogen (secondary N) is 3. The van der Waals surface area contributed by atoms with Crippen molar-refractivity contribution in [3.8, 4) is 0 Å². The van der Waals surface area contributed by atoms with E-state index in [1.54, 1.807) is 6.92 Å². The van der Waals surface area contributed by atoms with E-state index < -0.39 is 6.04 Å². The van der Waals surface area contributed by atoms with Crippen molar-refractivity contribution >= 4 is 33.6 Å². The Morgan fingerprint density at radius 3 is 2.46 bits per heavy atom. The van der Waals surface area contributed by atoms with Gasteiger partial charge in [0.2, 0.25) is 0 Å². The molecule has 1 heterocycles. The van der Waals surface area contributed by atoms with Crippen molar-refractivity contribution in [2.45, 2.75) is 26.8 Å². The molecular weight excluding hydrogens is 394 g/mol. The Kier molecular flexibility index (Phi) is 5.13. The van der Waals surface area contributed by atoms with Crippen LogP contribution >= 0.6 is 15.9 Å². The molecule has 0 spiro atoms. The number of anilines is 1. The maximum absolute atomic E-state index is 13.0. The zero-order valence-corrected chi connectivity index (χ0v) is 16.4. The van der Waals surface area contributed by atoms with Crippen molar-refractivity contribution in [3.63, 3.8) is 0 Å². The Labute approximate surface area is 161 Å². The molecule has 5 nitrogen and oxygen atoms in total. The summed E-state index contributed by atoms with van der Waals surface area (Å²) in [5.41, 5.74) is 4.75. The van der Waals surface area contributed by atoms with Crippen molar-refractivity contribution < 1.29 is 9.59 Å². The van der Waals surface area contributed by atoms with Gasteiger partial charge in [-0.3, -0.25) is 4.79 Å². The molecule has 134 valence electrons. The standard InChI is InChI=1S/C20H20BrN3O2/c1-11-4-5-12(2)16(10-11)18-17(13(3)22-20(26)24-18)19(25)23-15-8-6-14(21)7-9-15/h4-10,18H,1-3H3,(H,23,25)(H2,22,24,26)/t18-/m1/s1. The van der Waals surface area contributed by atoms with Crippen LogP contribution in [-0.4, -0.2) is 11.9 Å². The van der Waals surface area contributed by atoms with E-state index in [-0.39, 0.29) is 11.9 Å². The van der Waals surface area contributed by atoms with E-state index in [0.717, 1.165) is 21.2 Å². The van der Waals surface area contributed by atoms with Crippen LogP contribution in [0.5, 0.6) is 0 Å². The molecule has 1 aliphatic rings. The third-order valence-corrected chi connectivity index (χ3v) is 4.89. The van der Waals surface area contributed by atoms with Gasteiger partial charge in [0.25, 0.3) is 5.91 Å². The lowest BCUT2D eigenvalue weighted by molar-refractivity contribution is -0.113. The average Bonchev–Trinajstić information content (AvgIpc) is 2.58. The number of hydrogen-bond acceptors (Lipinski definition) is 2. The van der Waals surface area contributed by atoms with E-state index in [1.807, 2.05) is 56.3 Å². The predicted molar refractivity (Wildman–Crippen MR) is 106 cm³/mol. The van der Waals surface area contributed by atoms with E-state index in [4.69, 9.17) is 0 Å². The van der Waals surface area contributed by atoms with Gasteiger partial charge in [-0.15, -0.1) is 0 Å². The number of hydrogen-bond donors (Lipinski definition) is 3. The number of urea groups is 1. The lowest BCUT2D eigenvalue weighted by Crippen LogP contribution is -2.46. The molecule has 6 heteroatoms. The van der Waals surface area contributed by atoms with Gasteiger partial charge >= 0.3 is 6.03 Å². The lowest BCUT2D eigenvalue weighted by Gasteiger charge is -2.29. The topological polar surface area (TPSA) is 70.2 Å². The fourth-order valence-electron chi connectivity index (χ4n) is 3.03. The molecule has 1 aliphatic heterocycles. The molecule has 0 bridgehead atoms. The van der Waals surface area contributed by atoms with Crippen LogP contribution < -0.4 is 16.0 Å². The summed E-state index contributed by atoms with van der Waals surface area (Å²) in [7, 11) is 0. The van der Waals surface area contributed by atoms with Crippen LogP contribution in [0.25, 0.3) is 0 Å². The molecule has 0 aromatic heterocycles. The molecule has 2 aromatic carbocycles. The summed E-state index contributed by atoms with van der Waals surface area (Å²) in [6.07, 6.45) is 0. The first kappa shape index (κ1) is 18.2. The minimum atomic E-state index is -0.501. The number of carbonyl (C=O) groups excluding carboxylic acids is 2. The van der Waals surface area contributed by atoms with Crippen LogP contribution in [0.1, 0.15) is 29.7 Å². The van der Waals surface area contributed by atoms with E-state index in [0.29, 0.717) is 17.0 Å². The molecule has 2 aromatic rings. The van der Waals surface area contributed by atoms with E-state index in [1.165, 1.54) is 0 Å². The van der Waals surface area contributed by atoms with Crippen molar-refractivity contribution in [1.29, 1.82) is 0 Å². The summed E-state index contributed by atoms with van der Waals surface area (Å²) in [6.45, 7) is 5.71. The maximum Gasteiger partial charge on any atom is 0.319 e. The minimum absolute atomic E-state index is 0.247. The zero-order valence-electron chi connectivity index (χ0n) is 14.8. The Morgan fingerprint density at radius 1 is 1.08 bits per heavy atom. The Morgan fingerprint density at radius 2 is 1.77 bits per heavy atom. The molecule has 0 saturated heterocycles. The van der Waals surface area contributed by atoms with E-state index in [9.17, 15) is 9.59 Å². The number of amides is 3. The third kappa shape index (κ3) is 3.80. The first-order valence-corrected chi connectivity index (χ1v) is 9.07. The van der Waals surface area contributed by atoms with Gasteiger partial charge in [-0.1, -0.05) is 39.7 Å². The molecule has 0 radical (unpaired) electrons. The minimum Gasteiger partial charge on any atom is -0.327 e. The summed E-state index contributed by atoms with van der Waals surface area (Å²) < 4.78 is 0.936. The van der Waals surface area contributed by atoms with Gasteiger partial charge in [0, 0.05) is 15.9 Å². The highest BCUT2D eigenvalue weighted by molar-refractivity contribution is 9.10. The van der Waals surface area contributed by atoms with Crippen molar-refractivity contribution in [2.24, 2.45) is 0 Å². The molecule has 3 N–H and O–H groups in total. The second-order valence-electron chi connectivity index (χ2n) is 6.39. The van der Waals surface area contributed by atoms with Crippen molar-refractivity contribution in [3.05, 3.63) is 74.9 Å². The maximum atomic E-state index is 13.0. The average molecular weight is 414 g/mol. The number of benzene rings is 2. The lowest BCUT2D eigenvalue weighted by atomic mass is 9.90. The van der Waals surface area contributed by atoms with Gasteiger partial charge in [0.1, 0.15) is 0 Å². The normalized spacial score (nSPS) is 16.8.